The molecule has 0 aliphatic rings. The number of allylic oxidation sites excluding steroid dienone is 1. The highest BCUT2D eigenvalue weighted by Gasteiger charge is 2.23. The van der Waals surface area contributed by atoms with E-state index in [2.05, 4.69) is 31.4 Å². The van der Waals surface area contributed by atoms with E-state index < -0.39 is 44.7 Å². The highest BCUT2D eigenvalue weighted by Crippen LogP contribution is 2.36. The molecule has 0 aliphatic heterocycles. The normalized spacial score (nSPS) is 14.1. The minimum Gasteiger partial charge on any atom is -0.462 e. The van der Waals surface area contributed by atoms with Gasteiger partial charge in [0, 0.05) is 12.8 Å². The predicted molar refractivity (Wildman–Crippen MR) is 182 cm³/mol. The van der Waals surface area contributed by atoms with Gasteiger partial charge >= 0.3 is 19.8 Å². The summed E-state index contributed by atoms with van der Waals surface area (Å²) in [5, 5.41) is 20.3. The highest BCUT2D eigenvalue weighted by atomic mass is 31.2. The molecule has 0 saturated carbocycles. The van der Waals surface area contributed by atoms with Crippen LogP contribution in [0.5, 0.6) is 0 Å². The molecule has 0 aliphatic carbocycles. The summed E-state index contributed by atoms with van der Waals surface area (Å²) in [6, 6.07) is 0. The molecule has 4 N–H and O–H groups in total. The number of hydrogen-bond donors (Lipinski definition) is 4. The molecule has 0 fully saturated rings. The summed E-state index contributed by atoms with van der Waals surface area (Å²) < 4.78 is 26.2. The van der Waals surface area contributed by atoms with Crippen molar-refractivity contribution in [2.24, 2.45) is 5.92 Å². The van der Waals surface area contributed by atoms with E-state index in [1.165, 1.54) is 44.9 Å². The van der Waals surface area contributed by atoms with Crippen molar-refractivity contribution < 1.29 is 48.2 Å². The van der Waals surface area contributed by atoms with Crippen LogP contribution < -0.4 is 0 Å². The number of ether oxygens (including phenoxy) is 2. The average molecular weight is 679 g/mol. The number of hydrogen-bond acceptors (Lipinski definition) is 8. The van der Waals surface area contributed by atoms with Crippen molar-refractivity contribution in [3.05, 3.63) is 12.2 Å². The summed E-state index contributed by atoms with van der Waals surface area (Å²) in [6.45, 7) is 5.74. The third kappa shape index (κ3) is 31.3. The lowest BCUT2D eigenvalue weighted by molar-refractivity contribution is -0.161. The van der Waals surface area contributed by atoms with Crippen molar-refractivity contribution in [1.29, 1.82) is 0 Å². The fourth-order valence-corrected chi connectivity index (χ4v) is 5.41. The largest absolute Gasteiger partial charge is 0.469 e. The Morgan fingerprint density at radius 2 is 1.22 bits per heavy atom. The van der Waals surface area contributed by atoms with Gasteiger partial charge in [-0.3, -0.25) is 14.1 Å². The quantitative estimate of drug-likeness (QED) is 0.0237. The Bertz CT molecular complexity index is 813. The Labute approximate surface area is 279 Å². The van der Waals surface area contributed by atoms with Gasteiger partial charge in [-0.05, 0) is 44.4 Å². The van der Waals surface area contributed by atoms with Crippen LogP contribution in [-0.2, 0) is 28.2 Å². The fraction of sp³-hybridized carbons (Fsp3) is 0.886. The van der Waals surface area contributed by atoms with E-state index in [1.807, 2.05) is 6.08 Å². The summed E-state index contributed by atoms with van der Waals surface area (Å²) in [5.41, 5.74) is 0. The van der Waals surface area contributed by atoms with Gasteiger partial charge in [0.05, 0.1) is 18.8 Å². The SMILES string of the molecule is CCCCC/C=C\C[C@@H](O)[C@H](O)CCCCCCCC(=O)OC[C@H](COP(=O)(O)O)OC(=O)CCCCCCCCCCC(C)C. The first-order chi connectivity index (χ1) is 21.9. The van der Waals surface area contributed by atoms with Crippen LogP contribution in [0.4, 0.5) is 0 Å². The van der Waals surface area contributed by atoms with Crippen molar-refractivity contribution in [2.75, 3.05) is 13.2 Å². The number of rotatable bonds is 32. The van der Waals surface area contributed by atoms with Crippen molar-refractivity contribution in [3.8, 4) is 0 Å². The zero-order chi connectivity index (χ0) is 34.5. The lowest BCUT2D eigenvalue weighted by Crippen LogP contribution is -2.29. The van der Waals surface area contributed by atoms with Gasteiger partial charge in [-0.1, -0.05) is 123 Å². The summed E-state index contributed by atoms with van der Waals surface area (Å²) in [4.78, 5) is 42.6. The highest BCUT2D eigenvalue weighted by molar-refractivity contribution is 7.46. The predicted octanol–water partition coefficient (Wildman–Crippen LogP) is 8.09. The molecule has 272 valence electrons. The van der Waals surface area contributed by atoms with Crippen molar-refractivity contribution in [1.82, 2.24) is 0 Å². The van der Waals surface area contributed by atoms with Gasteiger partial charge in [0.2, 0.25) is 0 Å². The first-order valence-corrected chi connectivity index (χ1v) is 19.5. The van der Waals surface area contributed by atoms with Gasteiger partial charge in [-0.25, -0.2) is 4.57 Å². The second-order valence-electron chi connectivity index (χ2n) is 13.0. The molecule has 0 rings (SSSR count). The molecule has 0 heterocycles. The summed E-state index contributed by atoms with van der Waals surface area (Å²) in [7, 11) is -4.78. The number of esters is 2. The van der Waals surface area contributed by atoms with E-state index in [1.54, 1.807) is 0 Å². The van der Waals surface area contributed by atoms with Crippen molar-refractivity contribution in [2.45, 2.75) is 180 Å². The van der Waals surface area contributed by atoms with Crippen LogP contribution in [0.1, 0.15) is 162 Å². The van der Waals surface area contributed by atoms with Gasteiger partial charge in [0.25, 0.3) is 0 Å². The Balaban J connectivity index is 4.11. The van der Waals surface area contributed by atoms with Crippen LogP contribution in [-0.4, -0.2) is 63.5 Å². The Morgan fingerprint density at radius 1 is 0.674 bits per heavy atom. The molecule has 0 aromatic heterocycles. The van der Waals surface area contributed by atoms with Crippen LogP contribution >= 0.6 is 7.82 Å². The van der Waals surface area contributed by atoms with Gasteiger partial charge in [-0.15, -0.1) is 0 Å². The van der Waals surface area contributed by atoms with Gasteiger partial charge in [0.1, 0.15) is 6.61 Å². The lowest BCUT2D eigenvalue weighted by Gasteiger charge is -2.18. The molecule has 11 heteroatoms. The number of aliphatic hydroxyl groups excluding tert-OH is 2. The molecule has 0 unspecified atom stereocenters. The zero-order valence-electron chi connectivity index (χ0n) is 29.1. The van der Waals surface area contributed by atoms with Crippen LogP contribution in [0.15, 0.2) is 12.2 Å². The van der Waals surface area contributed by atoms with Crippen molar-refractivity contribution in [3.63, 3.8) is 0 Å². The zero-order valence-corrected chi connectivity index (χ0v) is 30.0. The van der Waals surface area contributed by atoms with Crippen LogP contribution in [0.3, 0.4) is 0 Å². The third-order valence-electron chi connectivity index (χ3n) is 7.91. The van der Waals surface area contributed by atoms with E-state index in [0.29, 0.717) is 25.7 Å². The molecule has 0 amide bonds. The lowest BCUT2D eigenvalue weighted by atomic mass is 10.0. The molecule has 0 saturated heterocycles. The number of phosphoric acid groups is 1. The second kappa shape index (κ2) is 29.8. The van der Waals surface area contributed by atoms with Gasteiger partial charge < -0.3 is 29.5 Å². The van der Waals surface area contributed by atoms with E-state index in [-0.39, 0.29) is 19.4 Å². The molecule has 10 nitrogen and oxygen atoms in total. The second-order valence-corrected chi connectivity index (χ2v) is 14.2. The number of carbonyl (C=O) groups excluding carboxylic acids is 2. The van der Waals surface area contributed by atoms with Crippen molar-refractivity contribution >= 4 is 19.8 Å². The minimum absolute atomic E-state index is 0.170. The van der Waals surface area contributed by atoms with Gasteiger partial charge in [0.15, 0.2) is 6.10 Å². The number of phosphoric ester groups is 1. The summed E-state index contributed by atoms with van der Waals surface area (Å²) in [6.07, 6.45) is 21.2. The maximum absolute atomic E-state index is 12.3. The average Bonchev–Trinajstić information content (AvgIpc) is 2.99. The first kappa shape index (κ1) is 44.7. The molecular weight excluding hydrogens is 611 g/mol. The van der Waals surface area contributed by atoms with E-state index in [4.69, 9.17) is 19.3 Å². The summed E-state index contributed by atoms with van der Waals surface area (Å²) in [5.74, 6) is -0.239. The molecular formula is C35H67O10P. The van der Waals surface area contributed by atoms with Crippen LogP contribution in [0.25, 0.3) is 0 Å². The molecule has 0 aromatic carbocycles. The standard InChI is InChI=1S/C35H67O10P/c1-4-5-6-7-14-19-24-32(36)33(37)25-20-15-12-17-21-26-34(38)43-28-31(29-44-46(40,41)42)45-35(39)27-22-16-11-9-8-10-13-18-23-30(2)3/h14,19,30-33,36-37H,4-13,15-18,20-29H2,1-3H3,(H2,40,41,42)/b19-14-/t31-,32-,33-/m1/s1. The van der Waals surface area contributed by atoms with Crippen LogP contribution in [0, 0.1) is 5.92 Å². The molecule has 0 radical (unpaired) electrons. The van der Waals surface area contributed by atoms with E-state index in [0.717, 1.165) is 63.7 Å². The Hall–Kier alpha value is -1.29. The first-order valence-electron chi connectivity index (χ1n) is 18.0. The van der Waals surface area contributed by atoms with Gasteiger partial charge in [-0.2, -0.15) is 0 Å². The fourth-order valence-electron chi connectivity index (χ4n) is 5.05. The summed E-state index contributed by atoms with van der Waals surface area (Å²) >= 11 is 0. The number of carbonyl (C=O) groups is 2. The van der Waals surface area contributed by atoms with Crippen LogP contribution in [0.2, 0.25) is 0 Å². The molecule has 0 spiro atoms. The minimum atomic E-state index is -4.78. The number of unbranched alkanes of at least 4 members (excludes halogenated alkanes) is 14. The maximum atomic E-state index is 12.3. The molecule has 0 aromatic rings. The molecule has 0 bridgehead atoms. The van der Waals surface area contributed by atoms with E-state index in [9.17, 15) is 24.4 Å². The Morgan fingerprint density at radius 3 is 1.78 bits per heavy atom. The smallest absolute Gasteiger partial charge is 0.462 e. The third-order valence-corrected chi connectivity index (χ3v) is 8.40. The Kier molecular flexibility index (Phi) is 29.0. The maximum Gasteiger partial charge on any atom is 0.469 e. The molecule has 46 heavy (non-hydrogen) atoms. The van der Waals surface area contributed by atoms with E-state index >= 15 is 0 Å². The topological polar surface area (TPSA) is 160 Å². The number of aliphatic hydroxyl groups is 2. The molecule has 3 atom stereocenters. The monoisotopic (exact) mass is 678 g/mol.